The Morgan fingerprint density at radius 1 is 1.19 bits per heavy atom. The van der Waals surface area contributed by atoms with Crippen LogP contribution in [0.1, 0.15) is 32.6 Å². The van der Waals surface area contributed by atoms with E-state index < -0.39 is 0 Å². The molecule has 0 aromatic heterocycles. The molecule has 116 valence electrons. The minimum absolute atomic E-state index is 0.368. The highest BCUT2D eigenvalue weighted by Crippen LogP contribution is 2.33. The van der Waals surface area contributed by atoms with E-state index in [9.17, 15) is 0 Å². The second-order valence-corrected chi connectivity index (χ2v) is 6.62. The van der Waals surface area contributed by atoms with Gasteiger partial charge in [0.15, 0.2) is 0 Å². The number of ether oxygens (including phenoxy) is 1. The van der Waals surface area contributed by atoms with Gasteiger partial charge < -0.3 is 15.0 Å². The van der Waals surface area contributed by atoms with E-state index in [-0.39, 0.29) is 0 Å². The van der Waals surface area contributed by atoms with E-state index in [1.165, 1.54) is 31.4 Å². The van der Waals surface area contributed by atoms with Crippen molar-refractivity contribution in [2.24, 2.45) is 5.41 Å². The second-order valence-electron chi connectivity index (χ2n) is 6.62. The lowest BCUT2D eigenvalue weighted by atomic mass is 9.79. The van der Waals surface area contributed by atoms with E-state index in [1.807, 2.05) is 0 Å². The number of nitrogens with zero attached hydrogens (tertiary/aromatic N) is 1. The molecule has 1 aromatic carbocycles. The molecular weight excluding hydrogens is 260 g/mol. The SMILES string of the molecule is CCN(CC1(CNC2CC2)CCOCC1)c1ccccc1. The highest BCUT2D eigenvalue weighted by Gasteiger charge is 2.36. The van der Waals surface area contributed by atoms with Crippen LogP contribution >= 0.6 is 0 Å². The minimum atomic E-state index is 0.368. The molecule has 0 unspecified atom stereocenters. The summed E-state index contributed by atoms with van der Waals surface area (Å²) in [5.41, 5.74) is 1.71. The summed E-state index contributed by atoms with van der Waals surface area (Å²) < 4.78 is 5.62. The van der Waals surface area contributed by atoms with Crippen molar-refractivity contribution in [3.8, 4) is 0 Å². The van der Waals surface area contributed by atoms with Crippen LogP contribution in [0.3, 0.4) is 0 Å². The Labute approximate surface area is 128 Å². The molecule has 3 nitrogen and oxygen atoms in total. The van der Waals surface area contributed by atoms with Gasteiger partial charge in [0.1, 0.15) is 0 Å². The molecule has 2 aliphatic rings. The van der Waals surface area contributed by atoms with Gasteiger partial charge in [0.25, 0.3) is 0 Å². The summed E-state index contributed by atoms with van der Waals surface area (Å²) in [6, 6.07) is 11.6. The zero-order valence-corrected chi connectivity index (χ0v) is 13.2. The van der Waals surface area contributed by atoms with Crippen molar-refractivity contribution in [3.05, 3.63) is 30.3 Å². The maximum atomic E-state index is 5.62. The molecule has 1 aromatic rings. The number of nitrogens with one attached hydrogen (secondary N) is 1. The number of hydrogen-bond acceptors (Lipinski definition) is 3. The summed E-state index contributed by atoms with van der Waals surface area (Å²) in [7, 11) is 0. The smallest absolute Gasteiger partial charge is 0.0472 e. The maximum absolute atomic E-state index is 5.62. The molecule has 1 aliphatic heterocycles. The fourth-order valence-electron chi connectivity index (χ4n) is 3.27. The van der Waals surface area contributed by atoms with Gasteiger partial charge >= 0.3 is 0 Å². The minimum Gasteiger partial charge on any atom is -0.381 e. The standard InChI is InChI=1S/C18H28N2O/c1-2-20(17-6-4-3-5-7-17)15-18(10-12-21-13-11-18)14-19-16-8-9-16/h3-7,16,19H,2,8-15H2,1H3. The lowest BCUT2D eigenvalue weighted by Crippen LogP contribution is -2.48. The lowest BCUT2D eigenvalue weighted by Gasteiger charge is -2.42. The predicted molar refractivity (Wildman–Crippen MR) is 87.8 cm³/mol. The Balaban J connectivity index is 1.69. The molecule has 1 aliphatic carbocycles. The summed E-state index contributed by atoms with van der Waals surface area (Å²) in [5.74, 6) is 0. The highest BCUT2D eigenvalue weighted by molar-refractivity contribution is 5.46. The summed E-state index contributed by atoms with van der Waals surface area (Å²) in [6.07, 6.45) is 5.08. The van der Waals surface area contributed by atoms with Crippen LogP contribution in [-0.4, -0.2) is 38.9 Å². The van der Waals surface area contributed by atoms with Gasteiger partial charge in [-0.2, -0.15) is 0 Å². The summed E-state index contributed by atoms with van der Waals surface area (Å²) in [6.45, 7) is 7.43. The van der Waals surface area contributed by atoms with Gasteiger partial charge in [0.05, 0.1) is 0 Å². The molecule has 21 heavy (non-hydrogen) atoms. The van der Waals surface area contributed by atoms with Gasteiger partial charge in [-0.15, -0.1) is 0 Å². The van der Waals surface area contributed by atoms with Crippen LogP contribution in [0.15, 0.2) is 30.3 Å². The Kier molecular flexibility index (Phi) is 4.81. The zero-order valence-electron chi connectivity index (χ0n) is 13.2. The summed E-state index contributed by atoms with van der Waals surface area (Å²) in [5, 5.41) is 3.77. The van der Waals surface area contributed by atoms with E-state index in [4.69, 9.17) is 4.74 Å². The molecule has 0 spiro atoms. The number of para-hydroxylation sites is 1. The van der Waals surface area contributed by atoms with Crippen molar-refractivity contribution >= 4 is 5.69 Å². The monoisotopic (exact) mass is 288 g/mol. The predicted octanol–water partition coefficient (Wildman–Crippen LogP) is 3.06. The molecule has 3 rings (SSSR count). The van der Waals surface area contributed by atoms with Gasteiger partial charge in [-0.1, -0.05) is 18.2 Å². The molecule has 3 heteroatoms. The molecule has 0 amide bonds. The van der Waals surface area contributed by atoms with Gasteiger partial charge in [0, 0.05) is 50.0 Å². The molecule has 1 N–H and O–H groups in total. The molecule has 1 saturated carbocycles. The van der Waals surface area contributed by atoms with Gasteiger partial charge in [-0.25, -0.2) is 0 Å². The molecule has 2 fully saturated rings. The van der Waals surface area contributed by atoms with Crippen molar-refractivity contribution in [1.29, 1.82) is 0 Å². The maximum Gasteiger partial charge on any atom is 0.0472 e. The van der Waals surface area contributed by atoms with Crippen molar-refractivity contribution < 1.29 is 4.74 Å². The molecule has 0 radical (unpaired) electrons. The normalized spacial score (nSPS) is 21.2. The zero-order chi connectivity index (χ0) is 14.5. The van der Waals surface area contributed by atoms with Crippen molar-refractivity contribution in [1.82, 2.24) is 5.32 Å². The molecular formula is C18H28N2O. The Bertz CT molecular complexity index is 424. The average molecular weight is 288 g/mol. The Morgan fingerprint density at radius 3 is 2.52 bits per heavy atom. The first-order chi connectivity index (χ1) is 10.3. The third-order valence-corrected chi connectivity index (χ3v) is 4.93. The molecule has 0 bridgehead atoms. The van der Waals surface area contributed by atoms with Crippen LogP contribution in [0, 0.1) is 5.41 Å². The van der Waals surface area contributed by atoms with E-state index in [2.05, 4.69) is 47.5 Å². The fourth-order valence-corrected chi connectivity index (χ4v) is 3.27. The van der Waals surface area contributed by atoms with Crippen LogP contribution in [0.4, 0.5) is 5.69 Å². The van der Waals surface area contributed by atoms with E-state index in [0.29, 0.717) is 5.41 Å². The van der Waals surface area contributed by atoms with Crippen LogP contribution in [-0.2, 0) is 4.74 Å². The third kappa shape index (κ3) is 3.98. The topological polar surface area (TPSA) is 24.5 Å². The van der Waals surface area contributed by atoms with Gasteiger partial charge in [-0.3, -0.25) is 0 Å². The number of benzene rings is 1. The van der Waals surface area contributed by atoms with Gasteiger partial charge in [0.2, 0.25) is 0 Å². The van der Waals surface area contributed by atoms with Crippen molar-refractivity contribution in [2.75, 3.05) is 37.7 Å². The average Bonchev–Trinajstić information content (AvgIpc) is 3.37. The highest BCUT2D eigenvalue weighted by atomic mass is 16.5. The first kappa shape index (κ1) is 14.9. The van der Waals surface area contributed by atoms with Crippen LogP contribution in [0.5, 0.6) is 0 Å². The van der Waals surface area contributed by atoms with Gasteiger partial charge in [-0.05, 0) is 44.7 Å². The Morgan fingerprint density at radius 2 is 1.90 bits per heavy atom. The number of rotatable bonds is 7. The molecule has 1 heterocycles. The third-order valence-electron chi connectivity index (χ3n) is 4.93. The quantitative estimate of drug-likeness (QED) is 0.834. The van der Waals surface area contributed by atoms with E-state index >= 15 is 0 Å². The number of anilines is 1. The fraction of sp³-hybridized carbons (Fsp3) is 0.667. The van der Waals surface area contributed by atoms with E-state index in [0.717, 1.165) is 38.9 Å². The summed E-state index contributed by atoms with van der Waals surface area (Å²) >= 11 is 0. The lowest BCUT2D eigenvalue weighted by molar-refractivity contribution is 0.0182. The Hall–Kier alpha value is -1.06. The second kappa shape index (κ2) is 6.80. The van der Waals surface area contributed by atoms with Crippen LogP contribution in [0.25, 0.3) is 0 Å². The largest absolute Gasteiger partial charge is 0.381 e. The van der Waals surface area contributed by atoms with E-state index in [1.54, 1.807) is 0 Å². The molecule has 1 saturated heterocycles. The first-order valence-electron chi connectivity index (χ1n) is 8.42. The van der Waals surface area contributed by atoms with Crippen LogP contribution in [0.2, 0.25) is 0 Å². The summed E-state index contributed by atoms with van der Waals surface area (Å²) in [4.78, 5) is 2.53. The van der Waals surface area contributed by atoms with Crippen LogP contribution < -0.4 is 10.2 Å². The first-order valence-corrected chi connectivity index (χ1v) is 8.42. The number of hydrogen-bond donors (Lipinski definition) is 1. The molecule has 0 atom stereocenters. The van der Waals surface area contributed by atoms with Crippen molar-refractivity contribution in [2.45, 2.75) is 38.6 Å². The van der Waals surface area contributed by atoms with Crippen molar-refractivity contribution in [3.63, 3.8) is 0 Å².